The van der Waals surface area contributed by atoms with Crippen LogP contribution in [0.3, 0.4) is 0 Å². The van der Waals surface area contributed by atoms with E-state index in [2.05, 4.69) is 4.98 Å². The Labute approximate surface area is 99.1 Å². The molecule has 4 nitrogen and oxygen atoms in total. The Morgan fingerprint density at radius 3 is 2.82 bits per heavy atom. The molecule has 2 aromatic rings. The number of carboxylic acid groups (broad SMARTS) is 1. The number of hydrogen-bond acceptors (Lipinski definition) is 3. The highest BCUT2D eigenvalue weighted by Gasteiger charge is 2.28. The lowest BCUT2D eigenvalue weighted by atomic mass is 9.93. The molecule has 0 saturated carbocycles. The van der Waals surface area contributed by atoms with E-state index in [1.807, 2.05) is 30.3 Å². The Hall–Kier alpha value is -1.94. The van der Waals surface area contributed by atoms with Crippen molar-refractivity contribution in [2.45, 2.75) is 18.9 Å². The van der Waals surface area contributed by atoms with Gasteiger partial charge in [-0.2, -0.15) is 0 Å². The van der Waals surface area contributed by atoms with Crippen LogP contribution in [0.2, 0.25) is 0 Å². The lowest BCUT2D eigenvalue weighted by Gasteiger charge is -2.19. The van der Waals surface area contributed by atoms with E-state index in [-0.39, 0.29) is 6.42 Å². The number of fused-ring (bicyclic) bond motifs is 1. The van der Waals surface area contributed by atoms with E-state index in [1.54, 1.807) is 6.20 Å². The van der Waals surface area contributed by atoms with Crippen LogP contribution in [0.15, 0.2) is 36.5 Å². The molecule has 1 atom stereocenters. The van der Waals surface area contributed by atoms with Crippen molar-refractivity contribution in [2.75, 3.05) is 0 Å². The van der Waals surface area contributed by atoms with E-state index in [1.165, 1.54) is 6.92 Å². The van der Waals surface area contributed by atoms with Crippen molar-refractivity contribution in [2.24, 2.45) is 5.73 Å². The van der Waals surface area contributed by atoms with Gasteiger partial charge in [0.05, 0.1) is 5.52 Å². The highest BCUT2D eigenvalue weighted by molar-refractivity contribution is 5.84. The molecule has 0 saturated heterocycles. The smallest absolute Gasteiger partial charge is 0.323 e. The molecule has 1 aromatic carbocycles. The van der Waals surface area contributed by atoms with E-state index in [0.29, 0.717) is 0 Å². The zero-order chi connectivity index (χ0) is 12.5. The van der Waals surface area contributed by atoms with Gasteiger partial charge in [0.25, 0.3) is 0 Å². The highest BCUT2D eigenvalue weighted by atomic mass is 16.4. The first-order valence-electron chi connectivity index (χ1n) is 5.35. The molecule has 0 aliphatic rings. The second-order valence-electron chi connectivity index (χ2n) is 4.39. The van der Waals surface area contributed by atoms with Crippen LogP contribution in [0.25, 0.3) is 10.9 Å². The summed E-state index contributed by atoms with van der Waals surface area (Å²) in [6.07, 6.45) is 1.96. The number of carbonyl (C=O) groups is 1. The van der Waals surface area contributed by atoms with E-state index < -0.39 is 11.5 Å². The lowest BCUT2D eigenvalue weighted by Crippen LogP contribution is -2.46. The molecule has 0 unspecified atom stereocenters. The standard InChI is InChI=1S/C13H14N2O2/c1-13(14,12(16)17)8-10-5-2-4-9-6-3-7-15-11(9)10/h2-7H,8,14H2,1H3,(H,16,17)/t13-/m0/s1. The molecular weight excluding hydrogens is 216 g/mol. The Balaban J connectivity index is 2.46. The number of nitrogens with two attached hydrogens (primary N) is 1. The summed E-state index contributed by atoms with van der Waals surface area (Å²) in [6.45, 7) is 1.51. The van der Waals surface area contributed by atoms with Gasteiger partial charge in [-0.1, -0.05) is 24.3 Å². The van der Waals surface area contributed by atoms with E-state index in [4.69, 9.17) is 10.8 Å². The number of pyridine rings is 1. The predicted molar refractivity (Wildman–Crippen MR) is 65.7 cm³/mol. The van der Waals surface area contributed by atoms with Gasteiger partial charge in [0.1, 0.15) is 5.54 Å². The molecule has 17 heavy (non-hydrogen) atoms. The van der Waals surface area contributed by atoms with Gasteiger partial charge in [0.2, 0.25) is 0 Å². The summed E-state index contributed by atoms with van der Waals surface area (Å²) >= 11 is 0. The van der Waals surface area contributed by atoms with Crippen LogP contribution >= 0.6 is 0 Å². The first-order chi connectivity index (χ1) is 8.00. The summed E-state index contributed by atoms with van der Waals surface area (Å²) in [4.78, 5) is 15.3. The van der Waals surface area contributed by atoms with Gasteiger partial charge in [0.15, 0.2) is 0 Å². The number of rotatable bonds is 3. The van der Waals surface area contributed by atoms with Crippen LogP contribution in [0.1, 0.15) is 12.5 Å². The lowest BCUT2D eigenvalue weighted by molar-refractivity contribution is -0.142. The number of hydrogen-bond donors (Lipinski definition) is 2. The largest absolute Gasteiger partial charge is 0.480 e. The molecule has 0 aliphatic heterocycles. The summed E-state index contributed by atoms with van der Waals surface area (Å²) < 4.78 is 0. The average molecular weight is 230 g/mol. The number of carboxylic acids is 1. The van der Waals surface area contributed by atoms with E-state index in [9.17, 15) is 4.79 Å². The van der Waals surface area contributed by atoms with Gasteiger partial charge in [-0.05, 0) is 18.6 Å². The number of nitrogens with zero attached hydrogens (tertiary/aromatic N) is 1. The summed E-state index contributed by atoms with van der Waals surface area (Å²) in [6, 6.07) is 9.49. The molecule has 0 fully saturated rings. The minimum absolute atomic E-state index is 0.261. The average Bonchev–Trinajstić information content (AvgIpc) is 2.29. The Morgan fingerprint density at radius 1 is 1.41 bits per heavy atom. The topological polar surface area (TPSA) is 76.2 Å². The van der Waals surface area contributed by atoms with Crippen molar-refractivity contribution in [1.29, 1.82) is 0 Å². The zero-order valence-electron chi connectivity index (χ0n) is 9.55. The van der Waals surface area contributed by atoms with Crippen LogP contribution in [0, 0.1) is 0 Å². The van der Waals surface area contributed by atoms with Crippen molar-refractivity contribution in [3.63, 3.8) is 0 Å². The summed E-state index contributed by atoms with van der Waals surface area (Å²) in [7, 11) is 0. The highest BCUT2D eigenvalue weighted by Crippen LogP contribution is 2.20. The van der Waals surface area contributed by atoms with Crippen LogP contribution in [-0.4, -0.2) is 21.6 Å². The normalized spacial score (nSPS) is 14.5. The molecule has 0 bridgehead atoms. The fraction of sp³-hybridized carbons (Fsp3) is 0.231. The number of aliphatic carboxylic acids is 1. The molecule has 3 N–H and O–H groups in total. The van der Waals surface area contributed by atoms with Crippen LogP contribution in [0.4, 0.5) is 0 Å². The van der Waals surface area contributed by atoms with Gasteiger partial charge in [-0.3, -0.25) is 9.78 Å². The van der Waals surface area contributed by atoms with Gasteiger partial charge < -0.3 is 10.8 Å². The minimum Gasteiger partial charge on any atom is -0.480 e. The van der Waals surface area contributed by atoms with Crippen molar-refractivity contribution in [1.82, 2.24) is 4.98 Å². The maximum absolute atomic E-state index is 11.0. The van der Waals surface area contributed by atoms with E-state index >= 15 is 0 Å². The second kappa shape index (κ2) is 4.14. The molecule has 2 rings (SSSR count). The van der Waals surface area contributed by atoms with Gasteiger partial charge in [-0.15, -0.1) is 0 Å². The van der Waals surface area contributed by atoms with E-state index in [0.717, 1.165) is 16.5 Å². The van der Waals surface area contributed by atoms with Crippen molar-refractivity contribution in [3.8, 4) is 0 Å². The number of aromatic nitrogens is 1. The fourth-order valence-corrected chi connectivity index (χ4v) is 1.78. The molecule has 0 amide bonds. The maximum atomic E-state index is 11.0. The molecule has 1 aromatic heterocycles. The minimum atomic E-state index is -1.27. The summed E-state index contributed by atoms with van der Waals surface area (Å²) in [5, 5.41) is 10.0. The molecule has 4 heteroatoms. The molecular formula is C13H14N2O2. The maximum Gasteiger partial charge on any atom is 0.323 e. The number of para-hydroxylation sites is 1. The molecule has 88 valence electrons. The third kappa shape index (κ3) is 2.26. The monoisotopic (exact) mass is 230 g/mol. The fourth-order valence-electron chi connectivity index (χ4n) is 1.78. The molecule has 0 spiro atoms. The Morgan fingerprint density at radius 2 is 2.12 bits per heavy atom. The molecule has 0 aliphatic carbocycles. The quantitative estimate of drug-likeness (QED) is 0.839. The van der Waals surface area contributed by atoms with Crippen LogP contribution < -0.4 is 5.73 Å². The first kappa shape index (κ1) is 11.5. The predicted octanol–water partition coefficient (Wildman–Crippen LogP) is 1.58. The SMILES string of the molecule is C[C@](N)(Cc1cccc2cccnc12)C(=O)O. The Bertz CT molecular complexity index is 559. The second-order valence-corrected chi connectivity index (χ2v) is 4.39. The van der Waals surface area contributed by atoms with Crippen molar-refractivity contribution < 1.29 is 9.90 Å². The zero-order valence-corrected chi connectivity index (χ0v) is 9.55. The first-order valence-corrected chi connectivity index (χ1v) is 5.35. The van der Waals surface area contributed by atoms with Crippen molar-refractivity contribution in [3.05, 3.63) is 42.1 Å². The summed E-state index contributed by atoms with van der Waals surface area (Å²) in [5.41, 5.74) is 6.15. The Kier molecular flexibility index (Phi) is 2.81. The third-order valence-corrected chi connectivity index (χ3v) is 2.76. The van der Waals surface area contributed by atoms with Gasteiger partial charge in [0, 0.05) is 18.0 Å². The van der Waals surface area contributed by atoms with Crippen molar-refractivity contribution >= 4 is 16.9 Å². The van der Waals surface area contributed by atoms with Gasteiger partial charge in [-0.25, -0.2) is 0 Å². The van der Waals surface area contributed by atoms with Crippen LogP contribution in [-0.2, 0) is 11.2 Å². The molecule has 1 heterocycles. The molecule has 0 radical (unpaired) electrons. The third-order valence-electron chi connectivity index (χ3n) is 2.76. The van der Waals surface area contributed by atoms with Gasteiger partial charge >= 0.3 is 5.97 Å². The number of benzene rings is 1. The van der Waals surface area contributed by atoms with Crippen LogP contribution in [0.5, 0.6) is 0 Å². The summed E-state index contributed by atoms with van der Waals surface area (Å²) in [5.74, 6) is -1.01.